The zero-order chi connectivity index (χ0) is 13.1. The first-order valence-electron chi connectivity index (χ1n) is 5.37. The number of amides is 1. The van der Waals surface area contributed by atoms with Crippen molar-refractivity contribution in [3.8, 4) is 0 Å². The molecule has 1 aromatic heterocycles. The van der Waals surface area contributed by atoms with Gasteiger partial charge in [-0.25, -0.2) is 4.79 Å². The van der Waals surface area contributed by atoms with E-state index in [1.807, 2.05) is 0 Å². The molecule has 0 aromatic carbocycles. The summed E-state index contributed by atoms with van der Waals surface area (Å²) in [6, 6.07) is 3.17. The van der Waals surface area contributed by atoms with Crippen LogP contribution < -0.4 is 5.32 Å². The third-order valence-corrected chi connectivity index (χ3v) is 2.73. The minimum atomic E-state index is -1.24. The van der Waals surface area contributed by atoms with E-state index in [1.165, 1.54) is 13.1 Å². The molecule has 0 radical (unpaired) electrons. The second-order valence-electron chi connectivity index (χ2n) is 4.13. The van der Waals surface area contributed by atoms with Gasteiger partial charge in [0.25, 0.3) is 5.91 Å². The number of carboxylic acid groups (broad SMARTS) is 1. The topological polar surface area (TPSA) is 79.3 Å². The molecule has 17 heavy (non-hydrogen) atoms. The number of carboxylic acids is 1. The molecule has 0 saturated carbocycles. The van der Waals surface area contributed by atoms with Gasteiger partial charge in [0.2, 0.25) is 0 Å². The van der Waals surface area contributed by atoms with Crippen molar-refractivity contribution < 1.29 is 14.7 Å². The SMILES string of the molecule is CCC(C)(NC(=O)c1ccnc(C)c1)C(=O)O. The summed E-state index contributed by atoms with van der Waals surface area (Å²) in [5.74, 6) is -1.44. The Morgan fingerprint density at radius 1 is 1.53 bits per heavy atom. The second-order valence-corrected chi connectivity index (χ2v) is 4.13. The second kappa shape index (κ2) is 4.95. The molecule has 1 unspecified atom stereocenters. The van der Waals surface area contributed by atoms with Crippen molar-refractivity contribution in [1.29, 1.82) is 0 Å². The van der Waals surface area contributed by atoms with Gasteiger partial charge < -0.3 is 10.4 Å². The van der Waals surface area contributed by atoms with Gasteiger partial charge in [0.05, 0.1) is 0 Å². The summed E-state index contributed by atoms with van der Waals surface area (Å²) in [7, 11) is 0. The van der Waals surface area contributed by atoms with Crippen LogP contribution in [0.3, 0.4) is 0 Å². The smallest absolute Gasteiger partial charge is 0.329 e. The summed E-state index contributed by atoms with van der Waals surface area (Å²) >= 11 is 0. The van der Waals surface area contributed by atoms with Crippen molar-refractivity contribution in [2.75, 3.05) is 0 Å². The van der Waals surface area contributed by atoms with Crippen LogP contribution in [0.1, 0.15) is 36.3 Å². The van der Waals surface area contributed by atoms with Gasteiger partial charge in [-0.05, 0) is 32.4 Å². The molecule has 5 nitrogen and oxygen atoms in total. The molecule has 0 spiro atoms. The van der Waals surface area contributed by atoms with Gasteiger partial charge in [-0.2, -0.15) is 0 Å². The number of aryl methyl sites for hydroxylation is 1. The third kappa shape index (κ3) is 3.03. The van der Waals surface area contributed by atoms with E-state index in [-0.39, 0.29) is 0 Å². The zero-order valence-corrected chi connectivity index (χ0v) is 10.2. The highest BCUT2D eigenvalue weighted by molar-refractivity contribution is 5.97. The first-order chi connectivity index (χ1) is 7.89. The molecule has 1 atom stereocenters. The fourth-order valence-electron chi connectivity index (χ4n) is 1.30. The van der Waals surface area contributed by atoms with Crippen LogP contribution in [-0.4, -0.2) is 27.5 Å². The lowest BCUT2D eigenvalue weighted by Crippen LogP contribution is -2.51. The van der Waals surface area contributed by atoms with Crippen molar-refractivity contribution in [3.63, 3.8) is 0 Å². The van der Waals surface area contributed by atoms with Crippen molar-refractivity contribution in [3.05, 3.63) is 29.6 Å². The zero-order valence-electron chi connectivity index (χ0n) is 10.2. The number of aromatic nitrogens is 1. The molecule has 0 bridgehead atoms. The van der Waals surface area contributed by atoms with Crippen LogP contribution in [0.4, 0.5) is 0 Å². The van der Waals surface area contributed by atoms with Gasteiger partial charge >= 0.3 is 5.97 Å². The number of hydrogen-bond acceptors (Lipinski definition) is 3. The van der Waals surface area contributed by atoms with Crippen LogP contribution in [0.2, 0.25) is 0 Å². The number of nitrogens with one attached hydrogen (secondary N) is 1. The maximum atomic E-state index is 11.9. The number of nitrogens with zero attached hydrogens (tertiary/aromatic N) is 1. The Bertz CT molecular complexity index is 445. The van der Waals surface area contributed by atoms with Gasteiger partial charge in [-0.3, -0.25) is 9.78 Å². The first-order valence-corrected chi connectivity index (χ1v) is 5.37. The summed E-state index contributed by atoms with van der Waals surface area (Å²) in [6.07, 6.45) is 1.84. The monoisotopic (exact) mass is 236 g/mol. The number of carbonyl (C=O) groups is 2. The number of rotatable bonds is 4. The van der Waals surface area contributed by atoms with Crippen molar-refractivity contribution in [2.45, 2.75) is 32.7 Å². The third-order valence-electron chi connectivity index (χ3n) is 2.73. The van der Waals surface area contributed by atoms with E-state index in [0.717, 1.165) is 0 Å². The van der Waals surface area contributed by atoms with Gasteiger partial charge in [0.15, 0.2) is 0 Å². The van der Waals surface area contributed by atoms with Gasteiger partial charge in [0.1, 0.15) is 5.54 Å². The molecule has 0 saturated heterocycles. The van der Waals surface area contributed by atoms with Gasteiger partial charge in [0, 0.05) is 17.5 Å². The Labute approximate surface area is 99.9 Å². The molecule has 0 aliphatic heterocycles. The summed E-state index contributed by atoms with van der Waals surface area (Å²) < 4.78 is 0. The van der Waals surface area contributed by atoms with Crippen molar-refractivity contribution in [2.24, 2.45) is 0 Å². The van der Waals surface area contributed by atoms with Crippen molar-refractivity contribution >= 4 is 11.9 Å². The van der Waals surface area contributed by atoms with E-state index >= 15 is 0 Å². The standard InChI is InChI=1S/C12H16N2O3/c1-4-12(3,11(16)17)14-10(15)9-5-6-13-8(2)7-9/h5-7H,4H2,1-3H3,(H,14,15)(H,16,17). The average Bonchev–Trinajstić information content (AvgIpc) is 2.28. The number of pyridine rings is 1. The number of aliphatic carboxylic acids is 1. The van der Waals surface area contributed by atoms with Gasteiger partial charge in [-0.1, -0.05) is 6.92 Å². The molecule has 1 heterocycles. The molecule has 0 fully saturated rings. The summed E-state index contributed by atoms with van der Waals surface area (Å²) in [5.41, 5.74) is -0.113. The normalized spacial score (nSPS) is 13.8. The maximum absolute atomic E-state index is 11.9. The van der Waals surface area contributed by atoms with Crippen molar-refractivity contribution in [1.82, 2.24) is 10.3 Å². The van der Waals surface area contributed by atoms with E-state index < -0.39 is 17.4 Å². The first kappa shape index (κ1) is 13.2. The van der Waals surface area contributed by atoms with Crippen LogP contribution in [-0.2, 0) is 4.79 Å². The lowest BCUT2D eigenvalue weighted by atomic mass is 9.98. The average molecular weight is 236 g/mol. The largest absolute Gasteiger partial charge is 0.480 e. The quantitative estimate of drug-likeness (QED) is 0.827. The molecule has 1 aromatic rings. The molecule has 1 rings (SSSR count). The Hall–Kier alpha value is -1.91. The van der Waals surface area contributed by atoms with Crippen LogP contribution >= 0.6 is 0 Å². The Morgan fingerprint density at radius 2 is 2.18 bits per heavy atom. The van der Waals surface area contributed by atoms with E-state index in [4.69, 9.17) is 5.11 Å². The minimum Gasteiger partial charge on any atom is -0.480 e. The lowest BCUT2D eigenvalue weighted by Gasteiger charge is -2.24. The minimum absolute atomic E-state index is 0.318. The highest BCUT2D eigenvalue weighted by atomic mass is 16.4. The molecule has 0 aliphatic carbocycles. The fourth-order valence-corrected chi connectivity index (χ4v) is 1.30. The summed E-state index contributed by atoms with van der Waals surface area (Å²) in [6.45, 7) is 4.97. The Morgan fingerprint density at radius 3 is 2.65 bits per heavy atom. The summed E-state index contributed by atoms with van der Waals surface area (Å²) in [5, 5.41) is 11.6. The summed E-state index contributed by atoms with van der Waals surface area (Å²) in [4.78, 5) is 26.9. The van der Waals surface area contributed by atoms with Crippen LogP contribution in [0.5, 0.6) is 0 Å². The predicted octanol–water partition coefficient (Wildman–Crippen LogP) is 1.37. The van der Waals surface area contributed by atoms with Crippen LogP contribution in [0, 0.1) is 6.92 Å². The Kier molecular flexibility index (Phi) is 3.83. The highest BCUT2D eigenvalue weighted by Crippen LogP contribution is 2.11. The van der Waals surface area contributed by atoms with E-state index in [1.54, 1.807) is 26.0 Å². The van der Waals surface area contributed by atoms with E-state index in [9.17, 15) is 9.59 Å². The molecule has 2 N–H and O–H groups in total. The van der Waals surface area contributed by atoms with Crippen LogP contribution in [0.15, 0.2) is 18.3 Å². The maximum Gasteiger partial charge on any atom is 0.329 e. The number of carbonyl (C=O) groups excluding carboxylic acids is 1. The molecule has 0 aliphatic rings. The molecule has 5 heteroatoms. The Balaban J connectivity index is 2.89. The molecular weight excluding hydrogens is 220 g/mol. The lowest BCUT2D eigenvalue weighted by molar-refractivity contribution is -0.143. The van der Waals surface area contributed by atoms with E-state index in [0.29, 0.717) is 17.7 Å². The molecule has 92 valence electrons. The highest BCUT2D eigenvalue weighted by Gasteiger charge is 2.32. The number of hydrogen-bond donors (Lipinski definition) is 2. The van der Waals surface area contributed by atoms with Gasteiger partial charge in [-0.15, -0.1) is 0 Å². The predicted molar refractivity (Wildman–Crippen MR) is 62.8 cm³/mol. The molecular formula is C12H16N2O3. The van der Waals surface area contributed by atoms with E-state index in [2.05, 4.69) is 10.3 Å². The molecule has 1 amide bonds. The van der Waals surface area contributed by atoms with Crippen LogP contribution in [0.25, 0.3) is 0 Å². The fraction of sp³-hybridized carbons (Fsp3) is 0.417.